The van der Waals surface area contributed by atoms with Crippen LogP contribution >= 0.6 is 11.3 Å². The number of alkyl halides is 3. The number of aryl methyl sites for hydroxylation is 1. The molecule has 1 aromatic carbocycles. The molecule has 0 aliphatic heterocycles. The Hall–Kier alpha value is -1.29. The maximum absolute atomic E-state index is 13.5. The van der Waals surface area contributed by atoms with Crippen LogP contribution in [-0.2, 0) is 12.6 Å². The lowest BCUT2D eigenvalue weighted by molar-refractivity contribution is -0.138. The Bertz CT molecular complexity index is 644. The molecule has 0 saturated carbocycles. The second-order valence-electron chi connectivity index (χ2n) is 7.28. The Morgan fingerprint density at radius 1 is 0.815 bits per heavy atom. The van der Waals surface area contributed by atoms with Gasteiger partial charge in [-0.15, -0.1) is 11.3 Å². The molecular formula is C23H31F3S. The Kier molecular flexibility index (Phi) is 9.40. The van der Waals surface area contributed by atoms with E-state index in [1.165, 1.54) is 62.3 Å². The van der Waals surface area contributed by atoms with Crippen molar-refractivity contribution in [3.8, 4) is 10.4 Å². The van der Waals surface area contributed by atoms with E-state index in [2.05, 4.69) is 6.92 Å². The number of rotatable bonds is 12. The minimum Gasteiger partial charge on any atom is -0.166 e. The van der Waals surface area contributed by atoms with Crippen molar-refractivity contribution in [3.05, 3.63) is 46.8 Å². The van der Waals surface area contributed by atoms with Crippen molar-refractivity contribution in [1.29, 1.82) is 0 Å². The fourth-order valence-corrected chi connectivity index (χ4v) is 4.18. The average molecular weight is 397 g/mol. The van der Waals surface area contributed by atoms with Gasteiger partial charge in [-0.25, -0.2) is 0 Å². The number of thiophene rings is 1. The van der Waals surface area contributed by atoms with Crippen LogP contribution in [0.1, 0.15) is 82.3 Å². The minimum atomic E-state index is -4.29. The zero-order valence-electron chi connectivity index (χ0n) is 16.3. The van der Waals surface area contributed by atoms with Gasteiger partial charge in [-0.2, -0.15) is 13.2 Å². The average Bonchev–Trinajstić information content (AvgIpc) is 3.17. The zero-order chi connectivity index (χ0) is 19.5. The fourth-order valence-electron chi connectivity index (χ4n) is 3.46. The highest BCUT2D eigenvalue weighted by molar-refractivity contribution is 7.13. The number of benzene rings is 1. The Morgan fingerprint density at radius 3 is 2.00 bits per heavy atom. The molecule has 0 fully saturated rings. The van der Waals surface area contributed by atoms with Crippen LogP contribution in [-0.4, -0.2) is 0 Å². The van der Waals surface area contributed by atoms with E-state index < -0.39 is 11.7 Å². The zero-order valence-corrected chi connectivity index (χ0v) is 17.1. The highest BCUT2D eigenvalue weighted by Crippen LogP contribution is 2.36. The predicted octanol–water partition coefficient (Wildman–Crippen LogP) is 8.90. The van der Waals surface area contributed by atoms with Crippen molar-refractivity contribution in [1.82, 2.24) is 0 Å². The third kappa shape index (κ3) is 7.69. The molecule has 0 aliphatic rings. The molecule has 0 atom stereocenters. The lowest BCUT2D eigenvalue weighted by Gasteiger charge is -2.14. The quantitative estimate of drug-likeness (QED) is 0.314. The standard InChI is InChI=1S/C23H31F3S/c1-2-3-4-5-6-7-8-9-10-11-13-19-15-16-20(22-14-12-17-27-22)18-21(19)23(24,25)26/h12,14-18H,2-11,13H2,1H3. The first-order chi connectivity index (χ1) is 13.0. The van der Waals surface area contributed by atoms with Crippen LogP contribution in [0.4, 0.5) is 13.2 Å². The van der Waals surface area contributed by atoms with Gasteiger partial charge in [0.15, 0.2) is 0 Å². The van der Waals surface area contributed by atoms with Gasteiger partial charge in [-0.05, 0) is 41.5 Å². The molecule has 1 heterocycles. The van der Waals surface area contributed by atoms with E-state index in [4.69, 9.17) is 0 Å². The smallest absolute Gasteiger partial charge is 0.166 e. The lowest BCUT2D eigenvalue weighted by Crippen LogP contribution is -2.09. The van der Waals surface area contributed by atoms with E-state index in [0.29, 0.717) is 17.5 Å². The van der Waals surface area contributed by atoms with Gasteiger partial charge in [-0.3, -0.25) is 0 Å². The summed E-state index contributed by atoms with van der Waals surface area (Å²) in [5, 5.41) is 1.89. The van der Waals surface area contributed by atoms with E-state index >= 15 is 0 Å². The number of hydrogen-bond donors (Lipinski definition) is 0. The van der Waals surface area contributed by atoms with Gasteiger partial charge in [0.25, 0.3) is 0 Å². The second-order valence-corrected chi connectivity index (χ2v) is 8.23. The first kappa shape index (κ1) is 22.0. The van der Waals surface area contributed by atoms with Crippen LogP contribution in [0.15, 0.2) is 35.7 Å². The molecule has 2 rings (SSSR count). The molecule has 4 heteroatoms. The SMILES string of the molecule is CCCCCCCCCCCCc1ccc(-c2cccs2)cc1C(F)(F)F. The number of halogens is 3. The fraction of sp³-hybridized carbons (Fsp3) is 0.565. The molecule has 1 aromatic heterocycles. The van der Waals surface area contributed by atoms with Crippen molar-refractivity contribution >= 4 is 11.3 Å². The molecule has 2 aromatic rings. The summed E-state index contributed by atoms with van der Waals surface area (Å²) in [7, 11) is 0. The van der Waals surface area contributed by atoms with Crippen molar-refractivity contribution < 1.29 is 13.2 Å². The predicted molar refractivity (Wildman–Crippen MR) is 110 cm³/mol. The van der Waals surface area contributed by atoms with Crippen LogP contribution in [0.2, 0.25) is 0 Å². The third-order valence-corrected chi connectivity index (χ3v) is 5.94. The monoisotopic (exact) mass is 396 g/mol. The van der Waals surface area contributed by atoms with E-state index in [1.807, 2.05) is 23.6 Å². The van der Waals surface area contributed by atoms with Gasteiger partial charge >= 0.3 is 6.18 Å². The van der Waals surface area contributed by atoms with Gasteiger partial charge in [0.05, 0.1) is 5.56 Å². The van der Waals surface area contributed by atoms with Crippen LogP contribution < -0.4 is 0 Å². The maximum atomic E-state index is 13.5. The van der Waals surface area contributed by atoms with E-state index in [-0.39, 0.29) is 0 Å². The van der Waals surface area contributed by atoms with Gasteiger partial charge in [0.1, 0.15) is 0 Å². The molecule has 0 amide bonds. The minimum absolute atomic E-state index is 0.433. The summed E-state index contributed by atoms with van der Waals surface area (Å²) in [6, 6.07) is 8.54. The first-order valence-electron chi connectivity index (χ1n) is 10.3. The van der Waals surface area contributed by atoms with E-state index in [0.717, 1.165) is 24.1 Å². The highest BCUT2D eigenvalue weighted by Gasteiger charge is 2.33. The van der Waals surface area contributed by atoms with Crippen LogP contribution in [0.3, 0.4) is 0 Å². The Labute approximate surface area is 165 Å². The number of hydrogen-bond acceptors (Lipinski definition) is 1. The summed E-state index contributed by atoms with van der Waals surface area (Å²) in [5.74, 6) is 0. The van der Waals surface area contributed by atoms with Crippen molar-refractivity contribution in [3.63, 3.8) is 0 Å². The molecule has 0 radical (unpaired) electrons. The third-order valence-electron chi connectivity index (χ3n) is 5.02. The highest BCUT2D eigenvalue weighted by atomic mass is 32.1. The molecule has 27 heavy (non-hydrogen) atoms. The topological polar surface area (TPSA) is 0 Å². The molecule has 0 saturated heterocycles. The van der Waals surface area contributed by atoms with Crippen molar-refractivity contribution in [2.24, 2.45) is 0 Å². The number of unbranched alkanes of at least 4 members (excludes halogenated alkanes) is 9. The van der Waals surface area contributed by atoms with Crippen LogP contribution in [0.25, 0.3) is 10.4 Å². The molecule has 0 N–H and O–H groups in total. The van der Waals surface area contributed by atoms with Crippen LogP contribution in [0, 0.1) is 0 Å². The summed E-state index contributed by atoms with van der Waals surface area (Å²) in [4.78, 5) is 0.881. The summed E-state index contributed by atoms with van der Waals surface area (Å²) < 4.78 is 40.4. The summed E-state index contributed by atoms with van der Waals surface area (Å²) in [5.41, 5.74) is 0.621. The molecule has 150 valence electrons. The van der Waals surface area contributed by atoms with Gasteiger partial charge in [0.2, 0.25) is 0 Å². The lowest BCUT2D eigenvalue weighted by atomic mass is 9.97. The van der Waals surface area contributed by atoms with Crippen LogP contribution in [0.5, 0.6) is 0 Å². The first-order valence-corrected chi connectivity index (χ1v) is 11.1. The Balaban J connectivity index is 1.79. The summed E-state index contributed by atoms with van der Waals surface area (Å²) >= 11 is 1.47. The van der Waals surface area contributed by atoms with Crippen molar-refractivity contribution in [2.45, 2.75) is 83.7 Å². The maximum Gasteiger partial charge on any atom is 0.416 e. The second kappa shape index (κ2) is 11.5. The molecule has 0 aliphatic carbocycles. The molecular weight excluding hydrogens is 365 g/mol. The normalized spacial score (nSPS) is 11.9. The van der Waals surface area contributed by atoms with Gasteiger partial charge in [-0.1, -0.05) is 82.9 Å². The summed E-state index contributed by atoms with van der Waals surface area (Å²) in [6.07, 6.45) is 8.19. The molecule has 0 unspecified atom stereocenters. The molecule has 0 spiro atoms. The molecule has 0 nitrogen and oxygen atoms in total. The van der Waals surface area contributed by atoms with Gasteiger partial charge < -0.3 is 0 Å². The van der Waals surface area contributed by atoms with E-state index in [1.54, 1.807) is 6.07 Å². The molecule has 0 bridgehead atoms. The van der Waals surface area contributed by atoms with Gasteiger partial charge in [0, 0.05) is 4.88 Å². The largest absolute Gasteiger partial charge is 0.416 e. The van der Waals surface area contributed by atoms with Crippen molar-refractivity contribution in [2.75, 3.05) is 0 Å². The summed E-state index contributed by atoms with van der Waals surface area (Å²) in [6.45, 7) is 2.22. The van der Waals surface area contributed by atoms with E-state index in [9.17, 15) is 13.2 Å². The Morgan fingerprint density at radius 2 is 1.44 bits per heavy atom.